The van der Waals surface area contributed by atoms with Crippen LogP contribution in [0.4, 0.5) is 25.1 Å². The van der Waals surface area contributed by atoms with Crippen molar-refractivity contribution in [3.63, 3.8) is 0 Å². The van der Waals surface area contributed by atoms with Crippen LogP contribution in [0.15, 0.2) is 48.5 Å². The molecule has 11 heteroatoms. The lowest BCUT2D eigenvalue weighted by Gasteiger charge is -2.29. The lowest BCUT2D eigenvalue weighted by Crippen LogP contribution is -2.37. The Balaban J connectivity index is 1.42. The number of anilines is 2. The number of carbonyl (C=O) groups excluding carboxylic acids is 1. The number of nitrogens with one attached hydrogen (secondary N) is 3. The third-order valence-electron chi connectivity index (χ3n) is 6.29. The van der Waals surface area contributed by atoms with Gasteiger partial charge in [0.25, 0.3) is 0 Å². The molecule has 2 aromatic carbocycles. The fraction of sp³-hybridized carbons (Fsp3) is 0.346. The van der Waals surface area contributed by atoms with E-state index < -0.39 is 11.7 Å². The molecule has 1 heterocycles. The third kappa shape index (κ3) is 6.52. The van der Waals surface area contributed by atoms with E-state index in [9.17, 15) is 18.0 Å². The number of halogens is 3. The fourth-order valence-electron chi connectivity index (χ4n) is 4.39. The largest absolute Gasteiger partial charge is 0.416 e. The Kier molecular flexibility index (Phi) is 7.86. The maximum atomic E-state index is 13.3. The van der Waals surface area contributed by atoms with Crippen LogP contribution in [0.25, 0.3) is 11.4 Å². The van der Waals surface area contributed by atoms with Gasteiger partial charge in [-0.25, -0.2) is 0 Å². The zero-order chi connectivity index (χ0) is 26.4. The number of hydrogen-bond acceptors (Lipinski definition) is 7. The van der Waals surface area contributed by atoms with Gasteiger partial charge < -0.3 is 16.0 Å². The van der Waals surface area contributed by atoms with Crippen LogP contribution in [0.5, 0.6) is 0 Å². The lowest BCUT2D eigenvalue weighted by atomic mass is 9.85. The zero-order valence-electron chi connectivity index (χ0n) is 20.1. The first-order valence-corrected chi connectivity index (χ1v) is 11.9. The molecule has 192 valence electrons. The van der Waals surface area contributed by atoms with Gasteiger partial charge in [-0.05, 0) is 55.2 Å². The van der Waals surface area contributed by atoms with E-state index in [1.165, 1.54) is 18.2 Å². The molecule has 2 atom stereocenters. The first-order valence-electron chi connectivity index (χ1n) is 11.9. The number of benzene rings is 2. The second-order valence-corrected chi connectivity index (χ2v) is 8.82. The number of aromatic nitrogens is 3. The van der Waals surface area contributed by atoms with Crippen LogP contribution in [-0.4, -0.2) is 33.9 Å². The van der Waals surface area contributed by atoms with Crippen molar-refractivity contribution in [3.8, 4) is 17.5 Å². The van der Waals surface area contributed by atoms with Gasteiger partial charge in [0, 0.05) is 31.1 Å². The molecule has 1 saturated carbocycles. The van der Waals surface area contributed by atoms with Crippen LogP contribution in [0.1, 0.15) is 42.4 Å². The second kappa shape index (κ2) is 11.2. The molecule has 1 fully saturated rings. The second-order valence-electron chi connectivity index (χ2n) is 8.82. The van der Waals surface area contributed by atoms with Crippen molar-refractivity contribution < 1.29 is 18.0 Å². The minimum atomic E-state index is -4.48. The highest BCUT2D eigenvalue weighted by Crippen LogP contribution is 2.32. The summed E-state index contributed by atoms with van der Waals surface area (Å²) in [6.45, 7) is -0.184. The summed E-state index contributed by atoms with van der Waals surface area (Å²) in [5.74, 6) is 0.537. The summed E-state index contributed by atoms with van der Waals surface area (Å²) >= 11 is 0. The van der Waals surface area contributed by atoms with Gasteiger partial charge in [0.15, 0.2) is 5.82 Å². The van der Waals surface area contributed by atoms with Gasteiger partial charge in [0.1, 0.15) is 0 Å². The van der Waals surface area contributed by atoms with Crippen molar-refractivity contribution in [1.82, 2.24) is 20.3 Å². The summed E-state index contributed by atoms with van der Waals surface area (Å²) in [7, 11) is 1.69. The number of nitriles is 1. The van der Waals surface area contributed by atoms with Crippen molar-refractivity contribution >= 4 is 17.8 Å². The Morgan fingerprint density at radius 3 is 2.49 bits per heavy atom. The standard InChI is InChI=1S/C26H26F3N7O/c1-31-24-34-22(17-11-9-16(14-30)10-12-17)35-25(36-24)33-20-7-4-6-18(13-20)23(37)32-15-19-5-2-3-8-21(19)26(27,28)29/h2-3,5,8-12,18,20H,4,6-7,13,15H2,1H3,(H,32,37)(H2,31,33,34,35,36)/t18-,20+/m1/s1. The molecular weight excluding hydrogens is 483 g/mol. The summed E-state index contributed by atoms with van der Waals surface area (Å²) in [5, 5.41) is 17.9. The molecule has 0 unspecified atom stereocenters. The maximum Gasteiger partial charge on any atom is 0.416 e. The number of hydrogen-bond donors (Lipinski definition) is 3. The van der Waals surface area contributed by atoms with Gasteiger partial charge in [-0.1, -0.05) is 24.6 Å². The first-order chi connectivity index (χ1) is 17.8. The van der Waals surface area contributed by atoms with Crippen LogP contribution in [0.2, 0.25) is 0 Å². The number of carbonyl (C=O) groups is 1. The molecule has 8 nitrogen and oxygen atoms in total. The molecular formula is C26H26F3N7O. The zero-order valence-corrected chi connectivity index (χ0v) is 20.1. The molecule has 3 aromatic rings. The highest BCUT2D eigenvalue weighted by molar-refractivity contribution is 5.79. The van der Waals surface area contributed by atoms with Crippen LogP contribution in [0.3, 0.4) is 0 Å². The summed E-state index contributed by atoms with van der Waals surface area (Å²) in [4.78, 5) is 26.1. The van der Waals surface area contributed by atoms with Crippen molar-refractivity contribution in [1.29, 1.82) is 5.26 Å². The van der Waals surface area contributed by atoms with Gasteiger partial charge >= 0.3 is 6.18 Å². The molecule has 37 heavy (non-hydrogen) atoms. The van der Waals surface area contributed by atoms with E-state index in [0.717, 1.165) is 24.5 Å². The Morgan fingerprint density at radius 2 is 1.78 bits per heavy atom. The van der Waals surface area contributed by atoms with Gasteiger partial charge in [-0.3, -0.25) is 4.79 Å². The van der Waals surface area contributed by atoms with E-state index in [4.69, 9.17) is 5.26 Å². The molecule has 0 saturated heterocycles. The van der Waals surface area contributed by atoms with Gasteiger partial charge in [0.2, 0.25) is 17.8 Å². The Morgan fingerprint density at radius 1 is 1.05 bits per heavy atom. The number of amides is 1. The summed E-state index contributed by atoms with van der Waals surface area (Å²) in [5.41, 5.74) is 0.542. The Labute approximate surface area is 212 Å². The molecule has 0 radical (unpaired) electrons. The predicted octanol–water partition coefficient (Wildman–Crippen LogP) is 4.76. The average Bonchev–Trinajstić information content (AvgIpc) is 2.91. The van der Waals surface area contributed by atoms with Crippen molar-refractivity contribution in [2.75, 3.05) is 17.7 Å². The molecule has 1 aromatic heterocycles. The quantitative estimate of drug-likeness (QED) is 0.421. The molecule has 1 aliphatic rings. The van der Waals surface area contributed by atoms with E-state index >= 15 is 0 Å². The molecule has 1 amide bonds. The van der Waals surface area contributed by atoms with E-state index in [1.807, 2.05) is 0 Å². The van der Waals surface area contributed by atoms with Gasteiger partial charge in [0.05, 0.1) is 17.2 Å². The molecule has 1 aliphatic carbocycles. The number of rotatable bonds is 7. The van der Waals surface area contributed by atoms with Crippen molar-refractivity contribution in [3.05, 3.63) is 65.2 Å². The predicted molar refractivity (Wildman–Crippen MR) is 132 cm³/mol. The highest BCUT2D eigenvalue weighted by Gasteiger charge is 2.33. The summed E-state index contributed by atoms with van der Waals surface area (Å²) in [6.07, 6.45) is -1.75. The molecule has 0 spiro atoms. The highest BCUT2D eigenvalue weighted by atomic mass is 19.4. The minimum absolute atomic E-state index is 0.0361. The van der Waals surface area contributed by atoms with Crippen LogP contribution in [-0.2, 0) is 17.5 Å². The van der Waals surface area contributed by atoms with Gasteiger partial charge in [-0.2, -0.15) is 33.4 Å². The third-order valence-corrected chi connectivity index (χ3v) is 6.29. The van der Waals surface area contributed by atoms with E-state index in [2.05, 4.69) is 37.0 Å². The van der Waals surface area contributed by atoms with Crippen molar-refractivity contribution in [2.45, 2.75) is 44.4 Å². The lowest BCUT2D eigenvalue weighted by molar-refractivity contribution is -0.138. The minimum Gasteiger partial charge on any atom is -0.357 e. The normalized spacial score (nSPS) is 17.5. The SMILES string of the molecule is CNc1nc(N[C@H]2CCC[C@@H](C(=O)NCc3ccccc3C(F)(F)F)C2)nc(-c2ccc(C#N)cc2)n1. The number of nitrogens with zero attached hydrogens (tertiary/aromatic N) is 4. The van der Waals surface area contributed by atoms with E-state index in [1.54, 1.807) is 31.3 Å². The summed E-state index contributed by atoms with van der Waals surface area (Å²) < 4.78 is 39.8. The van der Waals surface area contributed by atoms with Gasteiger partial charge in [-0.15, -0.1) is 0 Å². The van der Waals surface area contributed by atoms with E-state index in [-0.39, 0.29) is 30.0 Å². The Bertz CT molecular complexity index is 1290. The summed E-state index contributed by atoms with van der Waals surface area (Å²) in [6, 6.07) is 14.1. The van der Waals surface area contributed by atoms with Crippen LogP contribution >= 0.6 is 0 Å². The maximum absolute atomic E-state index is 13.3. The fourth-order valence-corrected chi connectivity index (χ4v) is 4.39. The van der Waals surface area contributed by atoms with Crippen molar-refractivity contribution in [2.24, 2.45) is 5.92 Å². The van der Waals surface area contributed by atoms with Crippen LogP contribution < -0.4 is 16.0 Å². The average molecular weight is 510 g/mol. The molecule has 0 aliphatic heterocycles. The molecule has 3 N–H and O–H groups in total. The van der Waals surface area contributed by atoms with E-state index in [0.29, 0.717) is 36.1 Å². The molecule has 4 rings (SSSR count). The molecule has 0 bridgehead atoms. The monoisotopic (exact) mass is 509 g/mol. The first kappa shape index (κ1) is 25.9. The Hall–Kier alpha value is -4.20. The smallest absolute Gasteiger partial charge is 0.357 e. The topological polar surface area (TPSA) is 116 Å². The number of alkyl halides is 3. The van der Waals surface area contributed by atoms with Crippen LogP contribution in [0, 0.1) is 17.2 Å².